The molecule has 124 valence electrons. The van der Waals surface area contributed by atoms with Gasteiger partial charge in [0.15, 0.2) is 11.5 Å². The van der Waals surface area contributed by atoms with E-state index in [1.807, 2.05) is 30.3 Å². The second kappa shape index (κ2) is 6.53. The minimum Gasteiger partial charge on any atom is -0.454 e. The van der Waals surface area contributed by atoms with Crippen LogP contribution >= 0.6 is 0 Å². The molecule has 5 nitrogen and oxygen atoms in total. The van der Waals surface area contributed by atoms with Gasteiger partial charge in [-0.3, -0.25) is 4.79 Å². The molecule has 0 unspecified atom stereocenters. The summed E-state index contributed by atoms with van der Waals surface area (Å²) in [5, 5.41) is 6.34. The van der Waals surface area contributed by atoms with Crippen LogP contribution in [-0.4, -0.2) is 25.3 Å². The summed E-state index contributed by atoms with van der Waals surface area (Å²) in [5.74, 6) is 1.63. The Morgan fingerprint density at radius 2 is 1.96 bits per heavy atom. The molecule has 0 radical (unpaired) electrons. The van der Waals surface area contributed by atoms with Crippen molar-refractivity contribution < 1.29 is 14.3 Å². The third-order valence-electron chi connectivity index (χ3n) is 4.55. The third kappa shape index (κ3) is 3.08. The maximum atomic E-state index is 12.4. The zero-order chi connectivity index (χ0) is 16.4. The van der Waals surface area contributed by atoms with E-state index in [4.69, 9.17) is 9.47 Å². The molecule has 0 aliphatic carbocycles. The summed E-state index contributed by atoms with van der Waals surface area (Å²) >= 11 is 0. The van der Waals surface area contributed by atoms with Crippen LogP contribution in [0.1, 0.15) is 16.7 Å². The topological polar surface area (TPSA) is 59.6 Å². The first-order chi connectivity index (χ1) is 11.8. The van der Waals surface area contributed by atoms with Gasteiger partial charge in [0.2, 0.25) is 12.7 Å². The smallest absolute Gasteiger partial charge is 0.237 e. The Bertz CT molecular complexity index is 760. The molecule has 2 aromatic carbocycles. The molecule has 0 fully saturated rings. The van der Waals surface area contributed by atoms with Crippen molar-refractivity contribution in [3.63, 3.8) is 0 Å². The van der Waals surface area contributed by atoms with Crippen LogP contribution in [-0.2, 0) is 24.2 Å². The molecule has 2 aromatic rings. The van der Waals surface area contributed by atoms with Gasteiger partial charge < -0.3 is 20.1 Å². The molecule has 24 heavy (non-hydrogen) atoms. The van der Waals surface area contributed by atoms with Crippen LogP contribution in [0.25, 0.3) is 0 Å². The molecule has 4 rings (SSSR count). The van der Waals surface area contributed by atoms with Crippen LogP contribution in [0.15, 0.2) is 42.5 Å². The first kappa shape index (κ1) is 15.0. The highest BCUT2D eigenvalue weighted by molar-refractivity contribution is 5.82. The first-order valence-electron chi connectivity index (χ1n) is 8.26. The highest BCUT2D eigenvalue weighted by atomic mass is 16.7. The number of carbonyl (C=O) groups excluding carboxylic acids is 1. The van der Waals surface area contributed by atoms with Crippen molar-refractivity contribution in [1.82, 2.24) is 10.6 Å². The molecule has 0 aromatic heterocycles. The van der Waals surface area contributed by atoms with E-state index in [1.165, 1.54) is 11.1 Å². The van der Waals surface area contributed by atoms with E-state index in [0.29, 0.717) is 6.54 Å². The molecule has 2 N–H and O–H groups in total. The van der Waals surface area contributed by atoms with Crippen molar-refractivity contribution in [1.29, 1.82) is 0 Å². The molecule has 2 aliphatic rings. The van der Waals surface area contributed by atoms with E-state index in [1.54, 1.807) is 0 Å². The second-order valence-electron chi connectivity index (χ2n) is 6.13. The summed E-state index contributed by atoms with van der Waals surface area (Å²) in [4.78, 5) is 12.4. The predicted octanol–water partition coefficient (Wildman–Crippen LogP) is 1.79. The zero-order valence-corrected chi connectivity index (χ0v) is 13.4. The molecule has 1 amide bonds. The molecule has 2 heterocycles. The molecular weight excluding hydrogens is 304 g/mol. The van der Waals surface area contributed by atoms with Gasteiger partial charge in [-0.25, -0.2) is 0 Å². The SMILES string of the molecule is O=C(NCCc1ccc2c(c1)OCO2)[C@H]1Cc2ccccc2CN1. The van der Waals surface area contributed by atoms with Gasteiger partial charge >= 0.3 is 0 Å². The van der Waals surface area contributed by atoms with Gasteiger partial charge in [0.25, 0.3) is 0 Å². The fourth-order valence-corrected chi connectivity index (χ4v) is 3.19. The zero-order valence-electron chi connectivity index (χ0n) is 13.4. The van der Waals surface area contributed by atoms with E-state index in [9.17, 15) is 4.79 Å². The number of carbonyl (C=O) groups is 1. The van der Waals surface area contributed by atoms with Crippen LogP contribution < -0.4 is 20.1 Å². The minimum absolute atomic E-state index is 0.0604. The molecule has 1 atom stereocenters. The molecule has 0 bridgehead atoms. The lowest BCUT2D eigenvalue weighted by Crippen LogP contribution is -2.48. The van der Waals surface area contributed by atoms with Gasteiger partial charge in [-0.2, -0.15) is 0 Å². The maximum Gasteiger partial charge on any atom is 0.237 e. The minimum atomic E-state index is -0.156. The highest BCUT2D eigenvalue weighted by Gasteiger charge is 2.23. The third-order valence-corrected chi connectivity index (χ3v) is 4.55. The van der Waals surface area contributed by atoms with Crippen LogP contribution in [0.5, 0.6) is 11.5 Å². The summed E-state index contributed by atoms with van der Waals surface area (Å²) in [6.45, 7) is 1.64. The van der Waals surface area contributed by atoms with Crippen LogP contribution in [0, 0.1) is 0 Å². The van der Waals surface area contributed by atoms with Gasteiger partial charge in [-0.05, 0) is 41.7 Å². The van der Waals surface area contributed by atoms with E-state index in [0.717, 1.165) is 36.4 Å². The maximum absolute atomic E-state index is 12.4. The van der Waals surface area contributed by atoms with Gasteiger partial charge in [0.05, 0.1) is 6.04 Å². The summed E-state index contributed by atoms with van der Waals surface area (Å²) < 4.78 is 10.7. The lowest BCUT2D eigenvalue weighted by Gasteiger charge is -2.25. The van der Waals surface area contributed by atoms with Gasteiger partial charge in [0, 0.05) is 13.1 Å². The Kier molecular flexibility index (Phi) is 4.09. The number of benzene rings is 2. The van der Waals surface area contributed by atoms with Crippen molar-refractivity contribution in [2.45, 2.75) is 25.4 Å². The number of ether oxygens (including phenoxy) is 2. The summed E-state index contributed by atoms with van der Waals surface area (Å²) in [6.07, 6.45) is 1.51. The largest absolute Gasteiger partial charge is 0.454 e. The van der Waals surface area contributed by atoms with Crippen LogP contribution in [0.2, 0.25) is 0 Å². The molecule has 0 spiro atoms. The van der Waals surface area contributed by atoms with Gasteiger partial charge in [-0.15, -0.1) is 0 Å². The molecule has 0 saturated heterocycles. The standard InChI is InChI=1S/C19H20N2O3/c22-19(16-10-14-3-1-2-4-15(14)11-21-16)20-8-7-13-5-6-17-18(9-13)24-12-23-17/h1-6,9,16,21H,7-8,10-12H2,(H,20,22)/t16-/m1/s1. The molecule has 2 aliphatic heterocycles. The summed E-state index contributed by atoms with van der Waals surface area (Å²) in [5.41, 5.74) is 3.66. The number of hydrogen-bond donors (Lipinski definition) is 2. The number of rotatable bonds is 4. The Morgan fingerprint density at radius 3 is 2.88 bits per heavy atom. The molecule has 0 saturated carbocycles. The quantitative estimate of drug-likeness (QED) is 0.900. The Labute approximate surface area is 141 Å². The normalized spacial score (nSPS) is 18.1. The number of nitrogens with one attached hydrogen (secondary N) is 2. The van der Waals surface area contributed by atoms with E-state index < -0.39 is 0 Å². The van der Waals surface area contributed by atoms with Crippen LogP contribution in [0.3, 0.4) is 0 Å². The Balaban J connectivity index is 1.30. The average molecular weight is 324 g/mol. The highest BCUT2D eigenvalue weighted by Crippen LogP contribution is 2.32. The predicted molar refractivity (Wildman–Crippen MR) is 90.1 cm³/mol. The average Bonchev–Trinajstić information content (AvgIpc) is 3.09. The van der Waals surface area contributed by atoms with Crippen molar-refractivity contribution >= 4 is 5.91 Å². The monoisotopic (exact) mass is 324 g/mol. The van der Waals surface area contributed by atoms with Gasteiger partial charge in [-0.1, -0.05) is 30.3 Å². The lowest BCUT2D eigenvalue weighted by atomic mass is 9.95. The second-order valence-corrected chi connectivity index (χ2v) is 6.13. The first-order valence-corrected chi connectivity index (χ1v) is 8.26. The summed E-state index contributed by atoms with van der Waals surface area (Å²) in [7, 11) is 0. The van der Waals surface area contributed by atoms with Gasteiger partial charge in [0.1, 0.15) is 0 Å². The van der Waals surface area contributed by atoms with E-state index in [2.05, 4.69) is 22.8 Å². The Morgan fingerprint density at radius 1 is 1.12 bits per heavy atom. The van der Waals surface area contributed by atoms with E-state index in [-0.39, 0.29) is 18.7 Å². The van der Waals surface area contributed by atoms with Crippen molar-refractivity contribution in [3.05, 3.63) is 59.2 Å². The van der Waals surface area contributed by atoms with E-state index >= 15 is 0 Å². The number of fused-ring (bicyclic) bond motifs is 2. The fraction of sp³-hybridized carbons (Fsp3) is 0.316. The fourth-order valence-electron chi connectivity index (χ4n) is 3.19. The lowest BCUT2D eigenvalue weighted by molar-refractivity contribution is -0.123. The molecular formula is C19H20N2O3. The van der Waals surface area contributed by atoms with Crippen LogP contribution in [0.4, 0.5) is 0 Å². The molecule has 5 heteroatoms. The Hall–Kier alpha value is -2.53. The van der Waals surface area contributed by atoms with Crippen molar-refractivity contribution in [2.24, 2.45) is 0 Å². The number of amides is 1. The van der Waals surface area contributed by atoms with Crippen molar-refractivity contribution in [3.8, 4) is 11.5 Å². The van der Waals surface area contributed by atoms with Crippen molar-refractivity contribution in [2.75, 3.05) is 13.3 Å². The summed E-state index contributed by atoms with van der Waals surface area (Å²) in [6, 6.07) is 14.0. The number of hydrogen-bond acceptors (Lipinski definition) is 4.